The molecule has 8 nitrogen and oxygen atoms in total. The fourth-order valence-electron chi connectivity index (χ4n) is 1.67. The van der Waals surface area contributed by atoms with Gasteiger partial charge in [-0.15, -0.1) is 4.98 Å². The molecule has 1 aromatic heterocycles. The Labute approximate surface area is 121 Å². The summed E-state index contributed by atoms with van der Waals surface area (Å²) in [5.74, 6) is 6.01. The molecule has 0 amide bonds. The molecule has 112 valence electrons. The van der Waals surface area contributed by atoms with Crippen LogP contribution in [0, 0.1) is 0 Å². The molecule has 1 heterocycles. The Kier molecular flexibility index (Phi) is 5.24. The summed E-state index contributed by atoms with van der Waals surface area (Å²) in [6.07, 6.45) is 0.474. The number of aliphatic hydroxyl groups is 1. The van der Waals surface area contributed by atoms with Crippen LogP contribution in [-0.2, 0) is 6.42 Å². The highest BCUT2D eigenvalue weighted by atomic mass is 16.5. The monoisotopic (exact) mass is 291 g/mol. The van der Waals surface area contributed by atoms with E-state index in [9.17, 15) is 0 Å². The van der Waals surface area contributed by atoms with Gasteiger partial charge in [-0.25, -0.2) is 5.84 Å². The molecule has 1 aromatic carbocycles. The molecule has 2 aromatic rings. The molecule has 4 N–H and O–H groups in total. The van der Waals surface area contributed by atoms with Crippen molar-refractivity contribution < 1.29 is 14.6 Å². The van der Waals surface area contributed by atoms with E-state index in [0.717, 1.165) is 5.56 Å². The molecule has 0 radical (unpaired) electrons. The lowest BCUT2D eigenvalue weighted by Crippen LogP contribution is -2.13. The van der Waals surface area contributed by atoms with E-state index < -0.39 is 0 Å². The van der Waals surface area contributed by atoms with Crippen molar-refractivity contribution in [3.05, 3.63) is 29.8 Å². The van der Waals surface area contributed by atoms with Gasteiger partial charge in [-0.1, -0.05) is 18.2 Å². The number of nitrogens with zero attached hydrogens (tertiary/aromatic N) is 3. The quantitative estimate of drug-likeness (QED) is 0.508. The highest BCUT2D eigenvalue weighted by molar-refractivity contribution is 5.36. The number of nitrogens with one attached hydrogen (secondary N) is 1. The Balaban J connectivity index is 2.28. The number of para-hydroxylation sites is 1. The second-order valence-electron chi connectivity index (χ2n) is 3.98. The third kappa shape index (κ3) is 4.01. The average molecular weight is 291 g/mol. The maximum absolute atomic E-state index is 9.06. The Morgan fingerprint density at radius 2 is 1.95 bits per heavy atom. The van der Waals surface area contributed by atoms with Crippen LogP contribution in [0.1, 0.15) is 12.5 Å². The second-order valence-corrected chi connectivity index (χ2v) is 3.98. The summed E-state index contributed by atoms with van der Waals surface area (Å²) in [5.41, 5.74) is 3.18. The van der Waals surface area contributed by atoms with Crippen LogP contribution in [0.25, 0.3) is 0 Å². The van der Waals surface area contributed by atoms with E-state index in [4.69, 9.17) is 20.4 Å². The predicted molar refractivity (Wildman–Crippen MR) is 76.1 cm³/mol. The lowest BCUT2D eigenvalue weighted by Gasteiger charge is -2.10. The maximum Gasteiger partial charge on any atom is 0.330 e. The van der Waals surface area contributed by atoms with Crippen LogP contribution in [0.2, 0.25) is 0 Å². The molecule has 0 unspecified atom stereocenters. The topological polar surface area (TPSA) is 115 Å². The van der Waals surface area contributed by atoms with E-state index in [1.807, 2.05) is 25.1 Å². The first-order valence-corrected chi connectivity index (χ1v) is 6.49. The number of hydrogen-bond acceptors (Lipinski definition) is 8. The summed E-state index contributed by atoms with van der Waals surface area (Å²) in [4.78, 5) is 12.0. The van der Waals surface area contributed by atoms with E-state index in [-0.39, 0.29) is 24.6 Å². The number of hydrogen-bond donors (Lipinski definition) is 3. The molecule has 8 heteroatoms. The average Bonchev–Trinajstić information content (AvgIpc) is 2.49. The largest absolute Gasteiger partial charge is 0.464 e. The Hall–Kier alpha value is -2.45. The van der Waals surface area contributed by atoms with Crippen LogP contribution >= 0.6 is 0 Å². The van der Waals surface area contributed by atoms with Crippen LogP contribution in [0.5, 0.6) is 17.8 Å². The zero-order valence-corrected chi connectivity index (χ0v) is 11.6. The molecule has 0 aliphatic rings. The van der Waals surface area contributed by atoms with Crippen molar-refractivity contribution in [2.75, 3.05) is 18.6 Å². The van der Waals surface area contributed by atoms with E-state index in [0.29, 0.717) is 18.8 Å². The third-order valence-electron chi connectivity index (χ3n) is 2.55. The van der Waals surface area contributed by atoms with Gasteiger partial charge in [0.25, 0.3) is 0 Å². The van der Waals surface area contributed by atoms with Crippen molar-refractivity contribution in [3.8, 4) is 17.8 Å². The summed E-state index contributed by atoms with van der Waals surface area (Å²) < 4.78 is 10.9. The molecule has 0 spiro atoms. The van der Waals surface area contributed by atoms with E-state index in [1.54, 1.807) is 6.07 Å². The molecule has 21 heavy (non-hydrogen) atoms. The summed E-state index contributed by atoms with van der Waals surface area (Å²) in [7, 11) is 0. The zero-order valence-electron chi connectivity index (χ0n) is 11.6. The van der Waals surface area contributed by atoms with Gasteiger partial charge in [0.2, 0.25) is 5.95 Å². The fraction of sp³-hybridized carbons (Fsp3) is 0.308. The zero-order chi connectivity index (χ0) is 15.1. The molecule has 0 fully saturated rings. The van der Waals surface area contributed by atoms with Crippen LogP contribution in [0.15, 0.2) is 24.3 Å². The number of anilines is 1. The van der Waals surface area contributed by atoms with Gasteiger partial charge in [0.1, 0.15) is 5.75 Å². The summed E-state index contributed by atoms with van der Waals surface area (Å²) >= 11 is 0. The number of nitrogens with two attached hydrogens (primary N) is 1. The third-order valence-corrected chi connectivity index (χ3v) is 2.55. The van der Waals surface area contributed by atoms with Crippen LogP contribution < -0.4 is 20.7 Å². The number of rotatable bonds is 7. The van der Waals surface area contributed by atoms with E-state index in [2.05, 4.69) is 20.4 Å². The van der Waals surface area contributed by atoms with Crippen molar-refractivity contribution in [1.82, 2.24) is 15.0 Å². The van der Waals surface area contributed by atoms with Gasteiger partial charge in [-0.3, -0.25) is 5.43 Å². The number of nitrogen functional groups attached to an aromatic ring is 1. The number of aromatic nitrogens is 3. The first-order valence-electron chi connectivity index (χ1n) is 6.49. The fourth-order valence-corrected chi connectivity index (χ4v) is 1.67. The molecule has 0 aliphatic heterocycles. The van der Waals surface area contributed by atoms with Gasteiger partial charge < -0.3 is 14.6 Å². The lowest BCUT2D eigenvalue weighted by molar-refractivity contribution is 0.295. The van der Waals surface area contributed by atoms with Gasteiger partial charge in [0.05, 0.1) is 6.61 Å². The minimum atomic E-state index is 0.0252. The molecule has 0 saturated heterocycles. The van der Waals surface area contributed by atoms with Gasteiger partial charge in [0.15, 0.2) is 0 Å². The summed E-state index contributed by atoms with van der Waals surface area (Å²) in [5, 5.41) is 9.06. The minimum Gasteiger partial charge on any atom is -0.464 e. The molecular formula is C13H17N5O3. The van der Waals surface area contributed by atoms with Gasteiger partial charge in [0, 0.05) is 6.61 Å². The van der Waals surface area contributed by atoms with Crippen molar-refractivity contribution in [2.45, 2.75) is 13.3 Å². The number of ether oxygens (including phenoxy) is 2. The van der Waals surface area contributed by atoms with Crippen LogP contribution in [0.3, 0.4) is 0 Å². The first kappa shape index (κ1) is 14.9. The highest BCUT2D eigenvalue weighted by Gasteiger charge is 2.10. The minimum absolute atomic E-state index is 0.0252. The lowest BCUT2D eigenvalue weighted by atomic mass is 10.1. The van der Waals surface area contributed by atoms with E-state index in [1.165, 1.54) is 0 Å². The molecule has 2 rings (SSSR count). The first-order chi connectivity index (χ1) is 10.3. The summed E-state index contributed by atoms with van der Waals surface area (Å²) in [6.45, 7) is 2.25. The highest BCUT2D eigenvalue weighted by Crippen LogP contribution is 2.24. The smallest absolute Gasteiger partial charge is 0.330 e. The number of benzene rings is 1. The Morgan fingerprint density at radius 3 is 2.67 bits per heavy atom. The normalized spacial score (nSPS) is 10.2. The Bertz CT molecular complexity index is 594. The standard InChI is InChI=1S/C13H17N5O3/c1-2-20-12-15-11(18-14)16-13(17-12)21-10-6-4-3-5-9(10)7-8-19/h3-6,19H,2,7-8,14H2,1H3,(H,15,16,17,18). The van der Waals surface area contributed by atoms with Crippen LogP contribution in [0.4, 0.5) is 5.95 Å². The molecular weight excluding hydrogens is 274 g/mol. The van der Waals surface area contributed by atoms with Gasteiger partial charge >= 0.3 is 12.0 Å². The van der Waals surface area contributed by atoms with Gasteiger partial charge in [-0.05, 0) is 25.0 Å². The molecule has 0 aliphatic carbocycles. The van der Waals surface area contributed by atoms with Crippen molar-refractivity contribution in [2.24, 2.45) is 5.84 Å². The van der Waals surface area contributed by atoms with Crippen molar-refractivity contribution in [1.29, 1.82) is 0 Å². The van der Waals surface area contributed by atoms with Crippen LogP contribution in [-0.4, -0.2) is 33.3 Å². The predicted octanol–water partition coefficient (Wildman–Crippen LogP) is 0.883. The van der Waals surface area contributed by atoms with Crippen molar-refractivity contribution >= 4 is 5.95 Å². The van der Waals surface area contributed by atoms with Crippen molar-refractivity contribution in [3.63, 3.8) is 0 Å². The Morgan fingerprint density at radius 1 is 1.19 bits per heavy atom. The van der Waals surface area contributed by atoms with Gasteiger partial charge in [-0.2, -0.15) is 9.97 Å². The van der Waals surface area contributed by atoms with E-state index >= 15 is 0 Å². The SMILES string of the molecule is CCOc1nc(NN)nc(Oc2ccccc2CCO)n1. The molecule has 0 atom stereocenters. The second kappa shape index (κ2) is 7.36. The molecule has 0 bridgehead atoms. The maximum atomic E-state index is 9.06. The number of hydrazine groups is 1. The summed E-state index contributed by atoms with van der Waals surface area (Å²) in [6, 6.07) is 7.50. The number of aliphatic hydroxyl groups excluding tert-OH is 1. The molecule has 0 saturated carbocycles.